The van der Waals surface area contributed by atoms with Crippen molar-refractivity contribution in [2.24, 2.45) is 5.92 Å². The summed E-state index contributed by atoms with van der Waals surface area (Å²) >= 11 is 0. The first-order chi connectivity index (χ1) is 8.13. The second-order valence-corrected chi connectivity index (χ2v) is 5.04. The van der Waals surface area contributed by atoms with E-state index in [-0.39, 0.29) is 5.82 Å². The lowest BCUT2D eigenvalue weighted by Gasteiger charge is -2.23. The van der Waals surface area contributed by atoms with E-state index in [4.69, 9.17) is 0 Å². The fourth-order valence-corrected chi connectivity index (χ4v) is 1.86. The number of halogens is 1. The van der Waals surface area contributed by atoms with Crippen LogP contribution in [-0.2, 0) is 6.42 Å². The van der Waals surface area contributed by atoms with Crippen molar-refractivity contribution in [2.45, 2.75) is 31.7 Å². The molecule has 0 radical (unpaired) electrons. The van der Waals surface area contributed by atoms with Crippen LogP contribution in [0.4, 0.5) is 4.39 Å². The van der Waals surface area contributed by atoms with Crippen molar-refractivity contribution in [3.05, 3.63) is 35.6 Å². The van der Waals surface area contributed by atoms with Crippen LogP contribution in [0.1, 0.15) is 25.3 Å². The van der Waals surface area contributed by atoms with Crippen LogP contribution in [0.15, 0.2) is 24.3 Å². The molecule has 2 nitrogen and oxygen atoms in total. The molecule has 1 fully saturated rings. The molecule has 1 atom stereocenters. The maximum Gasteiger partial charge on any atom is 0.126 e. The normalized spacial score (nSPS) is 18.4. The Morgan fingerprint density at radius 2 is 2.18 bits per heavy atom. The maximum atomic E-state index is 13.5. The highest BCUT2D eigenvalue weighted by atomic mass is 19.1. The van der Waals surface area contributed by atoms with Gasteiger partial charge in [0.05, 0.1) is 6.07 Å². The van der Waals surface area contributed by atoms with E-state index >= 15 is 0 Å². The smallest absolute Gasteiger partial charge is 0.126 e. The monoisotopic (exact) mass is 232 g/mol. The van der Waals surface area contributed by atoms with E-state index in [1.807, 2.05) is 6.92 Å². The van der Waals surface area contributed by atoms with E-state index in [9.17, 15) is 9.65 Å². The van der Waals surface area contributed by atoms with Crippen LogP contribution < -0.4 is 5.32 Å². The van der Waals surface area contributed by atoms with Gasteiger partial charge in [0.1, 0.15) is 11.4 Å². The molecule has 1 N–H and O–H groups in total. The lowest BCUT2D eigenvalue weighted by atomic mass is 9.94. The van der Waals surface area contributed by atoms with E-state index in [1.54, 1.807) is 18.2 Å². The summed E-state index contributed by atoms with van der Waals surface area (Å²) < 4.78 is 13.5. The fourth-order valence-electron chi connectivity index (χ4n) is 1.86. The van der Waals surface area contributed by atoms with Crippen molar-refractivity contribution < 1.29 is 4.39 Å². The van der Waals surface area contributed by atoms with Gasteiger partial charge in [-0.1, -0.05) is 18.2 Å². The predicted molar refractivity (Wildman–Crippen MR) is 64.8 cm³/mol. The van der Waals surface area contributed by atoms with Crippen molar-refractivity contribution in [1.29, 1.82) is 5.26 Å². The van der Waals surface area contributed by atoms with Crippen LogP contribution in [0.3, 0.4) is 0 Å². The molecule has 1 saturated carbocycles. The molecule has 1 aliphatic carbocycles. The predicted octanol–water partition coefficient (Wildman–Crippen LogP) is 2.65. The molecular formula is C14H17FN2. The molecule has 0 amide bonds. The second-order valence-electron chi connectivity index (χ2n) is 5.04. The Hall–Kier alpha value is -1.40. The first-order valence-electron chi connectivity index (χ1n) is 6.03. The van der Waals surface area contributed by atoms with Gasteiger partial charge in [-0.05, 0) is 43.9 Å². The van der Waals surface area contributed by atoms with Crippen LogP contribution in [0.5, 0.6) is 0 Å². The topological polar surface area (TPSA) is 35.8 Å². The van der Waals surface area contributed by atoms with E-state index in [0.29, 0.717) is 17.9 Å². The van der Waals surface area contributed by atoms with Crippen LogP contribution in [0.25, 0.3) is 0 Å². The Morgan fingerprint density at radius 1 is 1.47 bits per heavy atom. The molecule has 17 heavy (non-hydrogen) atoms. The Balaban J connectivity index is 2.02. The molecule has 90 valence electrons. The third-order valence-electron chi connectivity index (χ3n) is 3.23. The van der Waals surface area contributed by atoms with Gasteiger partial charge in [-0.25, -0.2) is 4.39 Å². The second kappa shape index (κ2) is 4.85. The van der Waals surface area contributed by atoms with Gasteiger partial charge in [-0.15, -0.1) is 0 Å². The largest absolute Gasteiger partial charge is 0.299 e. The van der Waals surface area contributed by atoms with Crippen molar-refractivity contribution >= 4 is 0 Å². The van der Waals surface area contributed by atoms with Crippen LogP contribution in [0.2, 0.25) is 0 Å². The highest BCUT2D eigenvalue weighted by Gasteiger charge is 2.29. The summed E-state index contributed by atoms with van der Waals surface area (Å²) in [5, 5.41) is 12.5. The fraction of sp³-hybridized carbons (Fsp3) is 0.500. The molecule has 1 aromatic rings. The molecule has 2 rings (SSSR count). The van der Waals surface area contributed by atoms with Gasteiger partial charge in [0.25, 0.3) is 0 Å². The molecular weight excluding hydrogens is 215 g/mol. The van der Waals surface area contributed by atoms with Gasteiger partial charge < -0.3 is 0 Å². The molecule has 0 saturated heterocycles. The van der Waals surface area contributed by atoms with Gasteiger partial charge in [-0.3, -0.25) is 5.32 Å². The van der Waals surface area contributed by atoms with E-state index in [1.165, 1.54) is 18.9 Å². The average molecular weight is 232 g/mol. The highest BCUT2D eigenvalue weighted by molar-refractivity contribution is 5.23. The van der Waals surface area contributed by atoms with Gasteiger partial charge in [0.15, 0.2) is 0 Å². The molecule has 0 aromatic heterocycles. The Bertz CT molecular complexity index is 434. The van der Waals surface area contributed by atoms with E-state index < -0.39 is 5.54 Å². The molecule has 3 heteroatoms. The van der Waals surface area contributed by atoms with E-state index in [2.05, 4.69) is 11.4 Å². The average Bonchev–Trinajstić information content (AvgIpc) is 3.14. The minimum absolute atomic E-state index is 0.234. The number of nitrogens with zero attached hydrogens (tertiary/aromatic N) is 1. The molecule has 0 spiro atoms. The standard InChI is InChI=1S/C14H17FN2/c1-14(10-16,17-9-11-6-7-11)8-12-4-2-3-5-13(12)15/h2-5,11,17H,6-9H2,1H3. The van der Waals surface area contributed by atoms with Gasteiger partial charge in [0, 0.05) is 6.42 Å². The SMILES string of the molecule is CC(C#N)(Cc1ccccc1F)NCC1CC1. The summed E-state index contributed by atoms with van der Waals surface area (Å²) in [5.74, 6) is 0.477. The minimum Gasteiger partial charge on any atom is -0.299 e. The van der Waals surface area contributed by atoms with Crippen LogP contribution in [0, 0.1) is 23.1 Å². The van der Waals surface area contributed by atoms with Crippen molar-refractivity contribution in [3.8, 4) is 6.07 Å². The first-order valence-corrected chi connectivity index (χ1v) is 6.03. The zero-order chi connectivity index (χ0) is 12.3. The molecule has 0 heterocycles. The van der Waals surface area contributed by atoms with Crippen molar-refractivity contribution in [3.63, 3.8) is 0 Å². The summed E-state index contributed by atoms with van der Waals surface area (Å²) in [6.45, 7) is 2.69. The Labute approximate surface area is 101 Å². The maximum absolute atomic E-state index is 13.5. The van der Waals surface area contributed by atoms with Gasteiger partial charge in [-0.2, -0.15) is 5.26 Å². The highest BCUT2D eigenvalue weighted by Crippen LogP contribution is 2.28. The van der Waals surface area contributed by atoms with Crippen molar-refractivity contribution in [1.82, 2.24) is 5.32 Å². The van der Waals surface area contributed by atoms with Crippen LogP contribution in [-0.4, -0.2) is 12.1 Å². The first kappa shape index (κ1) is 12.1. The quantitative estimate of drug-likeness (QED) is 0.847. The van der Waals surface area contributed by atoms with Crippen LogP contribution >= 0.6 is 0 Å². The number of rotatable bonds is 5. The summed E-state index contributed by atoms with van der Waals surface area (Å²) in [7, 11) is 0. The lowest BCUT2D eigenvalue weighted by molar-refractivity contribution is 0.426. The molecule has 1 aromatic carbocycles. The van der Waals surface area contributed by atoms with E-state index in [0.717, 1.165) is 6.54 Å². The number of benzene rings is 1. The number of nitrogens with one attached hydrogen (secondary N) is 1. The third kappa shape index (κ3) is 3.28. The van der Waals surface area contributed by atoms with Gasteiger partial charge in [0.2, 0.25) is 0 Å². The molecule has 0 aliphatic heterocycles. The molecule has 1 aliphatic rings. The minimum atomic E-state index is -0.676. The molecule has 1 unspecified atom stereocenters. The lowest BCUT2D eigenvalue weighted by Crippen LogP contribution is -2.44. The zero-order valence-electron chi connectivity index (χ0n) is 10.0. The van der Waals surface area contributed by atoms with Gasteiger partial charge >= 0.3 is 0 Å². The molecule has 0 bridgehead atoms. The summed E-state index contributed by atoms with van der Waals surface area (Å²) in [6, 6.07) is 8.91. The Kier molecular flexibility index (Phi) is 3.44. The number of hydrogen-bond acceptors (Lipinski definition) is 2. The number of nitriles is 1. The Morgan fingerprint density at radius 3 is 2.76 bits per heavy atom. The zero-order valence-corrected chi connectivity index (χ0v) is 10.0. The van der Waals surface area contributed by atoms with Crippen molar-refractivity contribution in [2.75, 3.05) is 6.54 Å². The third-order valence-corrected chi connectivity index (χ3v) is 3.23. The summed E-state index contributed by atoms with van der Waals surface area (Å²) in [5.41, 5.74) is -0.0787. The summed E-state index contributed by atoms with van der Waals surface area (Å²) in [6.07, 6.45) is 2.89. The number of hydrogen-bond donors (Lipinski definition) is 1. The summed E-state index contributed by atoms with van der Waals surface area (Å²) in [4.78, 5) is 0.